The van der Waals surface area contributed by atoms with Crippen LogP contribution in [0.5, 0.6) is 0 Å². The van der Waals surface area contributed by atoms with Crippen molar-refractivity contribution in [2.75, 3.05) is 5.32 Å². The highest BCUT2D eigenvalue weighted by atomic mass is 32.2. The molecule has 0 spiro atoms. The maximum atomic E-state index is 14.1. The largest absolute Gasteiger partial charge is 0.359 e. The van der Waals surface area contributed by atoms with Crippen molar-refractivity contribution >= 4 is 44.6 Å². The number of anilines is 2. The Kier molecular flexibility index (Phi) is 5.02. The molecule has 8 nitrogen and oxygen atoms in total. The van der Waals surface area contributed by atoms with Gasteiger partial charge in [0.15, 0.2) is 11.6 Å². The van der Waals surface area contributed by atoms with Crippen molar-refractivity contribution in [1.82, 2.24) is 15.0 Å². The van der Waals surface area contributed by atoms with Crippen LogP contribution >= 0.6 is 0 Å². The highest BCUT2D eigenvalue weighted by molar-refractivity contribution is 7.89. The second-order valence-corrected chi connectivity index (χ2v) is 8.18. The van der Waals surface area contributed by atoms with Gasteiger partial charge in [-0.3, -0.25) is 0 Å². The molecule has 0 radical (unpaired) electrons. The molecular formula is C20H17FN6O2S. The van der Waals surface area contributed by atoms with Crippen LogP contribution in [-0.4, -0.2) is 29.6 Å². The Balaban J connectivity index is 1.59. The van der Waals surface area contributed by atoms with Gasteiger partial charge in [-0.05, 0) is 48.9 Å². The fourth-order valence-electron chi connectivity index (χ4n) is 2.90. The summed E-state index contributed by atoms with van der Waals surface area (Å²) in [7, 11) is -3.85. The molecule has 0 bridgehead atoms. The number of rotatable bonds is 5. The first-order valence-corrected chi connectivity index (χ1v) is 10.4. The fraction of sp³-hybridized carbons (Fsp3) is 0.0500. The van der Waals surface area contributed by atoms with E-state index in [0.717, 1.165) is 28.4 Å². The number of aliphatic imine (C=N–C) groups is 1. The molecule has 30 heavy (non-hydrogen) atoms. The first kappa shape index (κ1) is 19.7. The number of fused-ring (bicyclic) bond motifs is 1. The van der Waals surface area contributed by atoms with E-state index in [4.69, 9.17) is 5.14 Å². The Hall–Kier alpha value is -3.63. The van der Waals surface area contributed by atoms with Crippen LogP contribution in [0.1, 0.15) is 11.3 Å². The van der Waals surface area contributed by atoms with Crippen LogP contribution in [0.4, 0.5) is 21.8 Å². The quantitative estimate of drug-likeness (QED) is 0.422. The Morgan fingerprint density at radius 3 is 2.83 bits per heavy atom. The van der Waals surface area contributed by atoms with Gasteiger partial charge in [0, 0.05) is 28.5 Å². The van der Waals surface area contributed by atoms with E-state index in [0.29, 0.717) is 5.69 Å². The number of halogens is 1. The molecule has 0 fully saturated rings. The SMILES string of the molecule is Cc1cc2cc(/C=N/c3nc(Nc4cccc(S(N)(=O)=O)c4)ncc3F)ccc2[nH]1. The van der Waals surface area contributed by atoms with Gasteiger partial charge in [0.1, 0.15) is 0 Å². The lowest BCUT2D eigenvalue weighted by molar-refractivity contribution is 0.598. The molecule has 0 aliphatic carbocycles. The van der Waals surface area contributed by atoms with Gasteiger partial charge in [0.2, 0.25) is 16.0 Å². The minimum atomic E-state index is -3.85. The molecule has 4 rings (SSSR count). The molecule has 2 heterocycles. The molecular weight excluding hydrogens is 407 g/mol. The van der Waals surface area contributed by atoms with E-state index in [1.165, 1.54) is 24.4 Å². The summed E-state index contributed by atoms with van der Waals surface area (Å²) >= 11 is 0. The summed E-state index contributed by atoms with van der Waals surface area (Å²) in [5.74, 6) is -0.777. The summed E-state index contributed by atoms with van der Waals surface area (Å²) in [6.07, 6.45) is 2.50. The van der Waals surface area contributed by atoms with Crippen LogP contribution in [0.15, 0.2) is 64.6 Å². The number of sulfonamides is 1. The second kappa shape index (κ2) is 7.65. The zero-order valence-corrected chi connectivity index (χ0v) is 16.6. The zero-order valence-electron chi connectivity index (χ0n) is 15.8. The minimum absolute atomic E-state index is 0.0619. The monoisotopic (exact) mass is 424 g/mol. The third-order valence-corrected chi connectivity index (χ3v) is 5.17. The summed E-state index contributed by atoms with van der Waals surface area (Å²) in [6.45, 7) is 1.97. The van der Waals surface area contributed by atoms with Crippen molar-refractivity contribution < 1.29 is 12.8 Å². The van der Waals surface area contributed by atoms with Crippen molar-refractivity contribution in [2.45, 2.75) is 11.8 Å². The molecule has 0 amide bonds. The number of benzene rings is 2. The lowest BCUT2D eigenvalue weighted by Gasteiger charge is -2.07. The third-order valence-electron chi connectivity index (χ3n) is 4.26. The number of aryl methyl sites for hydroxylation is 1. The van der Waals surface area contributed by atoms with Gasteiger partial charge in [-0.25, -0.2) is 27.9 Å². The number of H-pyrrole nitrogens is 1. The molecule has 2 aromatic heterocycles. The molecule has 4 N–H and O–H groups in total. The van der Waals surface area contributed by atoms with E-state index in [9.17, 15) is 12.8 Å². The highest BCUT2D eigenvalue weighted by Gasteiger charge is 2.10. The first-order chi connectivity index (χ1) is 14.3. The molecule has 0 aliphatic heterocycles. The summed E-state index contributed by atoms with van der Waals surface area (Å²) in [6, 6.07) is 13.5. The van der Waals surface area contributed by atoms with E-state index in [2.05, 4.69) is 25.3 Å². The maximum absolute atomic E-state index is 14.1. The number of nitrogens with one attached hydrogen (secondary N) is 2. The summed E-state index contributed by atoms with van der Waals surface area (Å²) in [5.41, 5.74) is 3.22. The number of aromatic amines is 1. The fourth-order valence-corrected chi connectivity index (χ4v) is 3.46. The van der Waals surface area contributed by atoms with Crippen LogP contribution in [0.25, 0.3) is 10.9 Å². The minimum Gasteiger partial charge on any atom is -0.359 e. The average molecular weight is 424 g/mol. The van der Waals surface area contributed by atoms with E-state index >= 15 is 0 Å². The van der Waals surface area contributed by atoms with Gasteiger partial charge in [-0.15, -0.1) is 0 Å². The van der Waals surface area contributed by atoms with Gasteiger partial charge in [0.05, 0.1) is 11.1 Å². The van der Waals surface area contributed by atoms with Crippen LogP contribution < -0.4 is 10.5 Å². The lowest BCUT2D eigenvalue weighted by atomic mass is 10.2. The standard InChI is InChI=1S/C20H17FN6O2S/c1-12-7-14-8-13(5-6-18(14)25-12)10-23-19-17(21)11-24-20(27-19)26-15-3-2-4-16(9-15)30(22,28)29/h2-11,25H,1H3,(H2,22,28,29)(H,24,26,27)/b23-10+. The zero-order chi connectivity index (χ0) is 21.3. The van der Waals surface area contributed by atoms with E-state index in [1.54, 1.807) is 6.07 Å². The van der Waals surface area contributed by atoms with E-state index in [-0.39, 0.29) is 16.7 Å². The number of aromatic nitrogens is 3. The molecule has 0 aliphatic rings. The summed E-state index contributed by atoms with van der Waals surface area (Å²) in [4.78, 5) is 15.2. The van der Waals surface area contributed by atoms with Crippen molar-refractivity contribution in [2.24, 2.45) is 10.1 Å². The molecule has 152 valence electrons. The van der Waals surface area contributed by atoms with Crippen LogP contribution in [0, 0.1) is 12.7 Å². The van der Waals surface area contributed by atoms with Crippen LogP contribution in [0.2, 0.25) is 0 Å². The summed E-state index contributed by atoms with van der Waals surface area (Å²) < 4.78 is 37.1. The van der Waals surface area contributed by atoms with Crippen molar-refractivity contribution in [3.63, 3.8) is 0 Å². The topological polar surface area (TPSA) is 126 Å². The van der Waals surface area contributed by atoms with Crippen molar-refractivity contribution in [3.05, 3.63) is 71.8 Å². The molecule has 2 aromatic carbocycles. The normalized spacial score (nSPS) is 12.0. The Morgan fingerprint density at radius 1 is 1.20 bits per heavy atom. The summed E-state index contributed by atoms with van der Waals surface area (Å²) in [5, 5.41) is 8.98. The number of nitrogens with two attached hydrogens (primary N) is 1. The molecule has 0 atom stereocenters. The predicted octanol–water partition coefficient (Wildman–Crippen LogP) is 3.55. The van der Waals surface area contributed by atoms with Crippen LogP contribution in [-0.2, 0) is 10.0 Å². The lowest BCUT2D eigenvalue weighted by Crippen LogP contribution is -2.12. The first-order valence-electron chi connectivity index (χ1n) is 8.84. The van der Waals surface area contributed by atoms with E-state index in [1.807, 2.05) is 31.2 Å². The third kappa shape index (κ3) is 4.34. The molecule has 4 aromatic rings. The Labute approximate surface area is 171 Å². The highest BCUT2D eigenvalue weighted by Crippen LogP contribution is 2.21. The Morgan fingerprint density at radius 2 is 2.03 bits per heavy atom. The molecule has 0 unspecified atom stereocenters. The molecule has 10 heteroatoms. The van der Waals surface area contributed by atoms with Gasteiger partial charge in [-0.1, -0.05) is 12.1 Å². The van der Waals surface area contributed by atoms with Gasteiger partial charge in [-0.2, -0.15) is 4.98 Å². The van der Waals surface area contributed by atoms with Crippen molar-refractivity contribution in [3.8, 4) is 0 Å². The maximum Gasteiger partial charge on any atom is 0.238 e. The van der Waals surface area contributed by atoms with Gasteiger partial charge >= 0.3 is 0 Å². The smallest absolute Gasteiger partial charge is 0.238 e. The van der Waals surface area contributed by atoms with Crippen LogP contribution in [0.3, 0.4) is 0 Å². The number of nitrogens with zero attached hydrogens (tertiary/aromatic N) is 3. The number of hydrogen-bond acceptors (Lipinski definition) is 6. The predicted molar refractivity (Wildman–Crippen MR) is 113 cm³/mol. The Bertz CT molecular complexity index is 1380. The second-order valence-electron chi connectivity index (χ2n) is 6.62. The average Bonchev–Trinajstić information content (AvgIpc) is 3.07. The number of hydrogen-bond donors (Lipinski definition) is 3. The van der Waals surface area contributed by atoms with Gasteiger partial charge in [0.25, 0.3) is 0 Å². The number of primary sulfonamides is 1. The van der Waals surface area contributed by atoms with E-state index < -0.39 is 15.8 Å². The van der Waals surface area contributed by atoms with Crippen molar-refractivity contribution in [1.29, 1.82) is 0 Å². The molecule has 0 saturated heterocycles. The molecule has 0 saturated carbocycles. The van der Waals surface area contributed by atoms with Gasteiger partial charge < -0.3 is 10.3 Å².